The lowest BCUT2D eigenvalue weighted by Crippen LogP contribution is -2.53. The van der Waals surface area contributed by atoms with Gasteiger partial charge < -0.3 is 10.2 Å². The third kappa shape index (κ3) is 7.60. The Balaban J connectivity index is 1.89. The lowest BCUT2D eigenvalue weighted by molar-refractivity contribution is -0.139. The van der Waals surface area contributed by atoms with E-state index in [1.807, 2.05) is 13.0 Å². The molecule has 0 bridgehead atoms. The molecular formula is C26H33Cl2N3O4S. The number of nitrogens with zero attached hydrogens (tertiary/aromatic N) is 2. The van der Waals surface area contributed by atoms with Crippen molar-refractivity contribution in [1.82, 2.24) is 10.2 Å². The van der Waals surface area contributed by atoms with Crippen molar-refractivity contribution in [3.05, 3.63) is 63.6 Å². The molecule has 0 aromatic heterocycles. The quantitative estimate of drug-likeness (QED) is 0.476. The van der Waals surface area contributed by atoms with E-state index in [1.165, 1.54) is 4.90 Å². The molecule has 7 nitrogen and oxygen atoms in total. The van der Waals surface area contributed by atoms with Crippen molar-refractivity contribution >= 4 is 50.7 Å². The summed E-state index contributed by atoms with van der Waals surface area (Å²) in [5.74, 6) is -0.768. The van der Waals surface area contributed by atoms with Gasteiger partial charge in [0.1, 0.15) is 12.6 Å². The minimum Gasteiger partial charge on any atom is -0.352 e. The van der Waals surface area contributed by atoms with E-state index in [9.17, 15) is 18.0 Å². The second-order valence-corrected chi connectivity index (χ2v) is 12.1. The highest BCUT2D eigenvalue weighted by Gasteiger charge is 2.31. The molecule has 36 heavy (non-hydrogen) atoms. The van der Waals surface area contributed by atoms with Crippen LogP contribution in [0.25, 0.3) is 0 Å². The number of halogens is 2. The van der Waals surface area contributed by atoms with Crippen LogP contribution in [0.3, 0.4) is 0 Å². The number of amides is 2. The fraction of sp³-hybridized carbons (Fsp3) is 0.462. The average molecular weight is 555 g/mol. The van der Waals surface area contributed by atoms with E-state index in [1.54, 1.807) is 43.3 Å². The maximum absolute atomic E-state index is 13.6. The number of hydrogen-bond donors (Lipinski definition) is 1. The number of benzene rings is 2. The second-order valence-electron chi connectivity index (χ2n) is 9.40. The Hall–Kier alpha value is -2.29. The monoisotopic (exact) mass is 553 g/mol. The van der Waals surface area contributed by atoms with Gasteiger partial charge in [-0.15, -0.1) is 0 Å². The number of aryl methyl sites for hydroxylation is 1. The molecule has 1 atom stereocenters. The lowest BCUT2D eigenvalue weighted by Gasteiger charge is -2.33. The van der Waals surface area contributed by atoms with E-state index in [4.69, 9.17) is 23.2 Å². The van der Waals surface area contributed by atoms with Gasteiger partial charge in [-0.25, -0.2) is 8.42 Å². The Morgan fingerprint density at radius 3 is 2.36 bits per heavy atom. The van der Waals surface area contributed by atoms with Crippen molar-refractivity contribution < 1.29 is 18.0 Å². The Labute approximate surface area is 223 Å². The summed E-state index contributed by atoms with van der Waals surface area (Å²) in [6.07, 6.45) is 6.16. The first kappa shape index (κ1) is 28.3. The van der Waals surface area contributed by atoms with Crippen molar-refractivity contribution in [3.63, 3.8) is 0 Å². The Kier molecular flexibility index (Phi) is 9.66. The number of carbonyl (C=O) groups is 2. The summed E-state index contributed by atoms with van der Waals surface area (Å²) in [4.78, 5) is 28.2. The number of sulfonamides is 1. The molecule has 0 aliphatic heterocycles. The van der Waals surface area contributed by atoms with Crippen molar-refractivity contribution in [2.75, 3.05) is 17.1 Å². The minimum atomic E-state index is -3.77. The van der Waals surface area contributed by atoms with Crippen LogP contribution in [0, 0.1) is 6.92 Å². The molecule has 2 aromatic carbocycles. The van der Waals surface area contributed by atoms with Crippen LogP contribution < -0.4 is 9.62 Å². The molecule has 1 saturated carbocycles. The van der Waals surface area contributed by atoms with Crippen LogP contribution >= 0.6 is 23.2 Å². The van der Waals surface area contributed by atoms with Gasteiger partial charge in [0.05, 0.1) is 22.0 Å². The summed E-state index contributed by atoms with van der Waals surface area (Å²) < 4.78 is 26.4. The molecule has 3 rings (SSSR count). The van der Waals surface area contributed by atoms with E-state index in [2.05, 4.69) is 5.32 Å². The third-order valence-electron chi connectivity index (χ3n) is 6.42. The molecule has 0 spiro atoms. The standard InChI is InChI=1S/C26H33Cl2N3O4S/c1-18-8-7-11-22(14-18)31(36(3,34)35)17-25(32)30(16-20-12-13-23(27)24(28)15-20)19(2)26(33)29-21-9-5-4-6-10-21/h7-8,11-15,19,21H,4-6,9-10,16-17H2,1-3H3,(H,29,33)/t19-/m1/s1. The largest absolute Gasteiger partial charge is 0.352 e. The van der Waals surface area contributed by atoms with Gasteiger partial charge in [0, 0.05) is 12.6 Å². The molecule has 10 heteroatoms. The first-order valence-corrected chi connectivity index (χ1v) is 14.6. The summed E-state index contributed by atoms with van der Waals surface area (Å²) in [6.45, 7) is 3.14. The fourth-order valence-corrected chi connectivity index (χ4v) is 5.54. The van der Waals surface area contributed by atoms with Crippen molar-refractivity contribution in [3.8, 4) is 0 Å². The summed E-state index contributed by atoms with van der Waals surface area (Å²) in [5.41, 5.74) is 1.93. The maximum Gasteiger partial charge on any atom is 0.244 e. The second kappa shape index (κ2) is 12.3. The van der Waals surface area contributed by atoms with E-state index in [0.717, 1.165) is 48.2 Å². The molecule has 0 unspecified atom stereocenters. The summed E-state index contributed by atoms with van der Waals surface area (Å²) in [5, 5.41) is 3.78. The summed E-state index contributed by atoms with van der Waals surface area (Å²) >= 11 is 12.2. The number of hydrogen-bond acceptors (Lipinski definition) is 4. The predicted molar refractivity (Wildman–Crippen MR) is 145 cm³/mol. The van der Waals surface area contributed by atoms with E-state index in [-0.39, 0.29) is 18.5 Å². The van der Waals surface area contributed by atoms with E-state index >= 15 is 0 Å². The maximum atomic E-state index is 13.6. The van der Waals surface area contributed by atoms with Crippen molar-refractivity contribution in [1.29, 1.82) is 0 Å². The molecule has 1 fully saturated rings. The SMILES string of the molecule is Cc1cccc(N(CC(=O)N(Cc2ccc(Cl)c(Cl)c2)[C@H](C)C(=O)NC2CCCCC2)S(C)(=O)=O)c1. The number of nitrogens with one attached hydrogen (secondary N) is 1. The lowest BCUT2D eigenvalue weighted by atomic mass is 9.95. The Morgan fingerprint density at radius 1 is 1.06 bits per heavy atom. The molecule has 0 radical (unpaired) electrons. The van der Waals surface area contributed by atoms with Gasteiger partial charge in [-0.2, -0.15) is 0 Å². The molecule has 1 aliphatic carbocycles. The van der Waals surface area contributed by atoms with Crippen LogP contribution in [0.2, 0.25) is 10.0 Å². The highest BCUT2D eigenvalue weighted by atomic mass is 35.5. The van der Waals surface area contributed by atoms with Gasteiger partial charge >= 0.3 is 0 Å². The Morgan fingerprint density at radius 2 is 1.75 bits per heavy atom. The van der Waals surface area contributed by atoms with Gasteiger partial charge in [-0.05, 0) is 62.1 Å². The molecular weight excluding hydrogens is 521 g/mol. The fourth-order valence-electron chi connectivity index (χ4n) is 4.38. The first-order chi connectivity index (χ1) is 17.0. The first-order valence-electron chi connectivity index (χ1n) is 12.0. The third-order valence-corrected chi connectivity index (χ3v) is 8.30. The van der Waals surface area contributed by atoms with Crippen LogP contribution in [0.1, 0.15) is 50.2 Å². The van der Waals surface area contributed by atoms with Crippen molar-refractivity contribution in [2.24, 2.45) is 0 Å². The van der Waals surface area contributed by atoms with Gasteiger partial charge in [0.2, 0.25) is 21.8 Å². The molecule has 196 valence electrons. The zero-order valence-corrected chi connectivity index (χ0v) is 23.2. The van der Waals surface area contributed by atoms with Crippen LogP contribution in [0.4, 0.5) is 5.69 Å². The number of rotatable bonds is 9. The highest BCUT2D eigenvalue weighted by Crippen LogP contribution is 2.25. The van der Waals surface area contributed by atoms with Gasteiger partial charge in [-0.3, -0.25) is 13.9 Å². The van der Waals surface area contributed by atoms with Crippen LogP contribution in [0.15, 0.2) is 42.5 Å². The van der Waals surface area contributed by atoms with Crippen molar-refractivity contribution in [2.45, 2.75) is 64.6 Å². The molecule has 0 heterocycles. The van der Waals surface area contributed by atoms with Crippen LogP contribution in [0.5, 0.6) is 0 Å². The smallest absolute Gasteiger partial charge is 0.244 e. The van der Waals surface area contributed by atoms with Gasteiger partial charge in [-0.1, -0.05) is 60.7 Å². The minimum absolute atomic E-state index is 0.0698. The molecule has 2 amide bonds. The van der Waals surface area contributed by atoms with Crippen LogP contribution in [-0.2, 0) is 26.2 Å². The van der Waals surface area contributed by atoms with Crippen LogP contribution in [-0.4, -0.2) is 50.0 Å². The number of carbonyl (C=O) groups excluding carboxylic acids is 2. The topological polar surface area (TPSA) is 86.8 Å². The van der Waals surface area contributed by atoms with Gasteiger partial charge in [0.15, 0.2) is 0 Å². The normalized spacial score (nSPS) is 15.2. The highest BCUT2D eigenvalue weighted by molar-refractivity contribution is 7.92. The van der Waals surface area contributed by atoms with E-state index < -0.39 is 28.5 Å². The zero-order chi connectivity index (χ0) is 26.5. The zero-order valence-electron chi connectivity index (χ0n) is 20.8. The molecule has 0 saturated heterocycles. The van der Waals surface area contributed by atoms with Gasteiger partial charge in [0.25, 0.3) is 0 Å². The summed E-state index contributed by atoms with van der Waals surface area (Å²) in [7, 11) is -3.77. The number of anilines is 1. The molecule has 2 aromatic rings. The predicted octanol–water partition coefficient (Wildman–Crippen LogP) is 4.93. The summed E-state index contributed by atoms with van der Waals surface area (Å²) in [6, 6.07) is 11.2. The molecule has 1 N–H and O–H groups in total. The average Bonchev–Trinajstić information content (AvgIpc) is 2.82. The molecule has 1 aliphatic rings. The van der Waals surface area contributed by atoms with E-state index in [0.29, 0.717) is 21.3 Å². The Bertz CT molecular complexity index is 1200.